The van der Waals surface area contributed by atoms with Crippen LogP contribution in [0, 0.1) is 0 Å². The molecule has 104 valence electrons. The van der Waals surface area contributed by atoms with Crippen LogP contribution in [0.3, 0.4) is 0 Å². The lowest BCUT2D eigenvalue weighted by molar-refractivity contribution is 0.591. The van der Waals surface area contributed by atoms with E-state index in [1.807, 2.05) is 24.3 Å². The number of nitrogens with zero attached hydrogens (tertiary/aromatic N) is 2. The maximum atomic E-state index is 12.7. The Bertz CT molecular complexity index is 732. The Labute approximate surface area is 126 Å². The molecule has 2 heterocycles. The van der Waals surface area contributed by atoms with Crippen molar-refractivity contribution in [1.82, 2.24) is 4.98 Å². The van der Waals surface area contributed by atoms with E-state index in [9.17, 15) is 8.42 Å². The van der Waals surface area contributed by atoms with Gasteiger partial charge >= 0.3 is 0 Å². The number of aromatic nitrogens is 1. The van der Waals surface area contributed by atoms with Crippen molar-refractivity contribution in [1.29, 1.82) is 0 Å². The van der Waals surface area contributed by atoms with Crippen LogP contribution in [0.5, 0.6) is 0 Å². The monoisotopic (exact) mass is 326 g/mol. The van der Waals surface area contributed by atoms with E-state index >= 15 is 0 Å². The quantitative estimate of drug-likeness (QED) is 0.796. The maximum Gasteiger partial charge on any atom is 0.265 e. The number of pyridine rings is 1. The maximum absolute atomic E-state index is 12.7. The minimum Gasteiger partial charge on any atom is -0.264 e. The largest absolute Gasteiger partial charge is 0.265 e. The number of benzene rings is 1. The van der Waals surface area contributed by atoms with Gasteiger partial charge in [-0.2, -0.15) is 0 Å². The number of sulfonamides is 1. The van der Waals surface area contributed by atoms with Crippen molar-refractivity contribution in [2.24, 2.45) is 0 Å². The second-order valence-electron chi connectivity index (χ2n) is 4.21. The zero-order valence-electron chi connectivity index (χ0n) is 10.4. The van der Waals surface area contributed by atoms with Gasteiger partial charge in [-0.25, -0.2) is 13.4 Å². The van der Waals surface area contributed by atoms with Crippen LogP contribution < -0.4 is 4.31 Å². The lowest BCUT2D eigenvalue weighted by atomic mass is 10.3. The average Bonchev–Trinajstić information content (AvgIpc) is 2.47. The van der Waals surface area contributed by atoms with E-state index in [-0.39, 0.29) is 10.0 Å². The molecule has 0 saturated carbocycles. The van der Waals surface area contributed by atoms with E-state index in [4.69, 9.17) is 11.6 Å². The summed E-state index contributed by atoms with van der Waals surface area (Å²) in [7, 11) is -3.59. The third kappa shape index (κ3) is 2.39. The number of rotatable bonds is 2. The molecule has 1 aromatic heterocycles. The summed E-state index contributed by atoms with van der Waals surface area (Å²) < 4.78 is 26.8. The van der Waals surface area contributed by atoms with E-state index in [1.165, 1.54) is 22.6 Å². The van der Waals surface area contributed by atoms with Crippen LogP contribution in [0.1, 0.15) is 0 Å². The molecule has 0 bridgehead atoms. The topological polar surface area (TPSA) is 50.3 Å². The normalized spacial score (nSPS) is 14.9. The Kier molecular flexibility index (Phi) is 3.62. The lowest BCUT2D eigenvalue weighted by Gasteiger charge is -2.29. The highest BCUT2D eigenvalue weighted by molar-refractivity contribution is 8.00. The summed E-state index contributed by atoms with van der Waals surface area (Å²) in [6.45, 7) is 0.451. The molecule has 4 nitrogen and oxygen atoms in total. The molecular formula is C13H11ClN2O2S2. The Morgan fingerprint density at radius 1 is 1.20 bits per heavy atom. The van der Waals surface area contributed by atoms with Crippen LogP contribution in [-0.2, 0) is 10.0 Å². The van der Waals surface area contributed by atoms with Gasteiger partial charge < -0.3 is 0 Å². The predicted molar refractivity (Wildman–Crippen MR) is 80.9 cm³/mol. The molecule has 7 heteroatoms. The Balaban J connectivity index is 2.07. The Morgan fingerprint density at radius 2 is 2.00 bits per heavy atom. The van der Waals surface area contributed by atoms with Crippen LogP contribution in [0.15, 0.2) is 52.4 Å². The van der Waals surface area contributed by atoms with Crippen LogP contribution in [0.2, 0.25) is 5.15 Å². The second kappa shape index (κ2) is 5.27. The number of halogens is 1. The molecule has 0 spiro atoms. The molecule has 0 amide bonds. The molecule has 1 aromatic carbocycles. The number of para-hydroxylation sites is 1. The first-order chi connectivity index (χ1) is 9.59. The fourth-order valence-electron chi connectivity index (χ4n) is 2.04. The molecule has 0 saturated heterocycles. The van der Waals surface area contributed by atoms with E-state index in [0.29, 0.717) is 6.54 Å². The van der Waals surface area contributed by atoms with Crippen molar-refractivity contribution in [2.45, 2.75) is 9.79 Å². The number of hydrogen-bond donors (Lipinski definition) is 0. The fraction of sp³-hybridized carbons (Fsp3) is 0.154. The Morgan fingerprint density at radius 3 is 2.75 bits per heavy atom. The van der Waals surface area contributed by atoms with Gasteiger partial charge in [0.2, 0.25) is 0 Å². The van der Waals surface area contributed by atoms with Crippen molar-refractivity contribution in [3.63, 3.8) is 0 Å². The van der Waals surface area contributed by atoms with Gasteiger partial charge in [0.05, 0.1) is 5.69 Å². The van der Waals surface area contributed by atoms with E-state index in [1.54, 1.807) is 11.8 Å². The van der Waals surface area contributed by atoms with E-state index in [0.717, 1.165) is 16.3 Å². The third-order valence-corrected chi connectivity index (χ3v) is 6.04. The molecule has 1 aliphatic rings. The highest BCUT2D eigenvalue weighted by Gasteiger charge is 2.29. The first-order valence-electron chi connectivity index (χ1n) is 5.95. The summed E-state index contributed by atoms with van der Waals surface area (Å²) in [4.78, 5) is 4.98. The van der Waals surface area contributed by atoms with Crippen molar-refractivity contribution in [3.05, 3.63) is 47.7 Å². The summed E-state index contributed by atoms with van der Waals surface area (Å²) in [6.07, 6.45) is 1.29. The second-order valence-corrected chi connectivity index (χ2v) is 7.60. The molecule has 0 radical (unpaired) electrons. The zero-order valence-corrected chi connectivity index (χ0v) is 12.7. The third-order valence-electron chi connectivity index (χ3n) is 2.97. The summed E-state index contributed by atoms with van der Waals surface area (Å²) in [5, 5.41) is 0.276. The average molecular weight is 327 g/mol. The van der Waals surface area contributed by atoms with Crippen LogP contribution in [0.25, 0.3) is 0 Å². The molecule has 1 aliphatic heterocycles. The van der Waals surface area contributed by atoms with Crippen molar-refractivity contribution < 1.29 is 8.42 Å². The van der Waals surface area contributed by atoms with Gasteiger partial charge in [-0.05, 0) is 24.3 Å². The molecule has 0 aliphatic carbocycles. The molecular weight excluding hydrogens is 316 g/mol. The van der Waals surface area contributed by atoms with Crippen LogP contribution in [-0.4, -0.2) is 25.7 Å². The van der Waals surface area contributed by atoms with Crippen molar-refractivity contribution in [2.75, 3.05) is 16.6 Å². The van der Waals surface area contributed by atoms with Gasteiger partial charge in [0, 0.05) is 23.4 Å². The van der Waals surface area contributed by atoms with Crippen molar-refractivity contribution >= 4 is 39.1 Å². The first kappa shape index (κ1) is 13.7. The molecule has 20 heavy (non-hydrogen) atoms. The smallest absolute Gasteiger partial charge is 0.264 e. The minimum absolute atomic E-state index is 0.156. The lowest BCUT2D eigenvalue weighted by Crippen LogP contribution is -2.35. The molecule has 2 aromatic rings. The van der Waals surface area contributed by atoms with Gasteiger partial charge in [-0.1, -0.05) is 23.7 Å². The van der Waals surface area contributed by atoms with Gasteiger partial charge in [0.15, 0.2) is 0 Å². The SMILES string of the molecule is O=S(=O)(c1ccc(Cl)nc1)N1CCSc2ccccc21. The zero-order chi connectivity index (χ0) is 14.2. The Hall–Kier alpha value is -1.24. The van der Waals surface area contributed by atoms with Gasteiger partial charge in [-0.15, -0.1) is 11.8 Å². The van der Waals surface area contributed by atoms with E-state index < -0.39 is 10.0 Å². The first-order valence-corrected chi connectivity index (χ1v) is 8.75. The fourth-order valence-corrected chi connectivity index (χ4v) is 4.75. The number of hydrogen-bond acceptors (Lipinski definition) is 4. The highest BCUT2D eigenvalue weighted by Crippen LogP contribution is 2.37. The van der Waals surface area contributed by atoms with Crippen LogP contribution in [0.4, 0.5) is 5.69 Å². The van der Waals surface area contributed by atoms with Crippen LogP contribution >= 0.6 is 23.4 Å². The number of fused-ring (bicyclic) bond motifs is 1. The standard InChI is InChI=1S/C13H11ClN2O2S2/c14-13-6-5-10(9-15-13)20(17,18)16-7-8-19-12-4-2-1-3-11(12)16/h1-6,9H,7-8H2. The predicted octanol–water partition coefficient (Wildman–Crippen LogP) is 3.04. The molecule has 3 rings (SSSR count). The van der Waals surface area contributed by atoms with Gasteiger partial charge in [0.25, 0.3) is 10.0 Å². The summed E-state index contributed by atoms with van der Waals surface area (Å²) in [6, 6.07) is 10.5. The molecule has 0 unspecified atom stereocenters. The number of thioether (sulfide) groups is 1. The molecule has 0 N–H and O–H groups in total. The summed E-state index contributed by atoms with van der Waals surface area (Å²) >= 11 is 7.37. The van der Waals surface area contributed by atoms with Crippen molar-refractivity contribution in [3.8, 4) is 0 Å². The summed E-state index contributed by atoms with van der Waals surface area (Å²) in [5.74, 6) is 0.733. The molecule has 0 fully saturated rings. The minimum atomic E-state index is -3.59. The highest BCUT2D eigenvalue weighted by atomic mass is 35.5. The molecule has 0 atom stereocenters. The van der Waals surface area contributed by atoms with E-state index in [2.05, 4.69) is 4.98 Å². The summed E-state index contributed by atoms with van der Waals surface area (Å²) in [5.41, 5.74) is 0.721. The van der Waals surface area contributed by atoms with Gasteiger partial charge in [-0.3, -0.25) is 4.31 Å². The number of anilines is 1. The van der Waals surface area contributed by atoms with Gasteiger partial charge in [0.1, 0.15) is 10.0 Å².